The summed E-state index contributed by atoms with van der Waals surface area (Å²) in [7, 11) is 0. The fourth-order valence-corrected chi connectivity index (χ4v) is 1.11. The molecule has 0 saturated heterocycles. The topological polar surface area (TPSA) is 48.5 Å². The zero-order chi connectivity index (χ0) is 8.65. The van der Waals surface area contributed by atoms with Crippen LogP contribution in [0.1, 0.15) is 13.3 Å². The molecule has 0 fully saturated rings. The lowest BCUT2D eigenvalue weighted by Gasteiger charge is -2.05. The Morgan fingerprint density at radius 3 is 3.08 bits per heavy atom. The monoisotopic (exact) mass is 170 g/mol. The van der Waals surface area contributed by atoms with Crippen LogP contribution in [0.5, 0.6) is 0 Å². The van der Waals surface area contributed by atoms with E-state index in [1.54, 1.807) is 0 Å². The van der Waals surface area contributed by atoms with Crippen LogP contribution in [0, 0.1) is 0 Å². The van der Waals surface area contributed by atoms with E-state index in [1.807, 2.05) is 0 Å². The molecule has 1 heterocycles. The molecule has 0 spiro atoms. The molecule has 1 rings (SSSR count). The molecule has 0 aliphatic carbocycles. The molecule has 0 aromatic rings. The number of hydrogen-bond donors (Lipinski definition) is 3. The second-order valence-electron chi connectivity index (χ2n) is 2.79. The van der Waals surface area contributed by atoms with Crippen LogP contribution in [0.4, 0.5) is 0 Å². The third kappa shape index (κ3) is 3.57. The predicted molar refractivity (Wildman–Crippen MR) is 51.5 cm³/mol. The van der Waals surface area contributed by atoms with Gasteiger partial charge in [0, 0.05) is 13.1 Å². The van der Waals surface area contributed by atoms with Gasteiger partial charge in [0.25, 0.3) is 0 Å². The van der Waals surface area contributed by atoms with Gasteiger partial charge in [-0.15, -0.1) is 0 Å². The molecule has 3 N–H and O–H groups in total. The van der Waals surface area contributed by atoms with E-state index in [4.69, 9.17) is 0 Å². The molecule has 70 valence electrons. The van der Waals surface area contributed by atoms with E-state index in [9.17, 15) is 0 Å². The molecule has 1 aliphatic rings. The van der Waals surface area contributed by atoms with Gasteiger partial charge in [-0.25, -0.2) is 0 Å². The third-order valence-corrected chi connectivity index (χ3v) is 1.75. The summed E-state index contributed by atoms with van der Waals surface area (Å²) in [5, 5.41) is 9.68. The highest BCUT2D eigenvalue weighted by Gasteiger charge is 2.01. The Bertz CT molecular complexity index is 144. The van der Waals surface area contributed by atoms with Crippen molar-refractivity contribution in [3.05, 3.63) is 0 Å². The summed E-state index contributed by atoms with van der Waals surface area (Å²) in [6.45, 7) is 7.15. The normalized spacial score (nSPS) is 15.6. The van der Waals surface area contributed by atoms with E-state index in [0.29, 0.717) is 0 Å². The summed E-state index contributed by atoms with van der Waals surface area (Å²) < 4.78 is 0. The number of nitrogens with zero attached hydrogens (tertiary/aromatic N) is 1. The van der Waals surface area contributed by atoms with E-state index in [1.165, 1.54) is 0 Å². The lowest BCUT2D eigenvalue weighted by atomic mass is 10.4. The van der Waals surface area contributed by atoms with Crippen LogP contribution in [0.3, 0.4) is 0 Å². The Kier molecular flexibility index (Phi) is 4.52. The van der Waals surface area contributed by atoms with Crippen molar-refractivity contribution in [2.75, 3.05) is 32.7 Å². The van der Waals surface area contributed by atoms with E-state index in [0.717, 1.165) is 45.1 Å². The number of nitrogens with one attached hydrogen (secondary N) is 3. The highest BCUT2D eigenvalue weighted by atomic mass is 15.2. The van der Waals surface area contributed by atoms with Gasteiger partial charge in [-0.05, 0) is 19.5 Å². The second-order valence-corrected chi connectivity index (χ2v) is 2.79. The number of guanidine groups is 1. The third-order valence-electron chi connectivity index (χ3n) is 1.75. The van der Waals surface area contributed by atoms with Crippen molar-refractivity contribution < 1.29 is 0 Å². The maximum Gasteiger partial charge on any atom is 0.191 e. The van der Waals surface area contributed by atoms with Crippen LogP contribution in [0.25, 0.3) is 0 Å². The summed E-state index contributed by atoms with van der Waals surface area (Å²) in [6.07, 6.45) is 1.15. The molecule has 0 aromatic heterocycles. The summed E-state index contributed by atoms with van der Waals surface area (Å²) in [6, 6.07) is 0. The molecule has 0 bridgehead atoms. The Hall–Kier alpha value is -0.770. The average molecular weight is 170 g/mol. The molecular formula is C8H18N4. The first-order chi connectivity index (χ1) is 5.93. The molecule has 0 radical (unpaired) electrons. The van der Waals surface area contributed by atoms with Crippen molar-refractivity contribution in [3.8, 4) is 0 Å². The van der Waals surface area contributed by atoms with Crippen LogP contribution < -0.4 is 16.0 Å². The van der Waals surface area contributed by atoms with Crippen LogP contribution in [-0.2, 0) is 0 Å². The van der Waals surface area contributed by atoms with Gasteiger partial charge < -0.3 is 16.0 Å². The highest BCUT2D eigenvalue weighted by molar-refractivity contribution is 5.81. The Balaban J connectivity index is 1.88. The molecule has 4 nitrogen and oxygen atoms in total. The quantitative estimate of drug-likeness (QED) is 0.489. The van der Waals surface area contributed by atoms with Crippen molar-refractivity contribution in [3.63, 3.8) is 0 Å². The molecule has 0 amide bonds. The first kappa shape index (κ1) is 9.32. The molecule has 1 aliphatic heterocycles. The van der Waals surface area contributed by atoms with Crippen molar-refractivity contribution in [1.29, 1.82) is 0 Å². The second kappa shape index (κ2) is 5.83. The fourth-order valence-electron chi connectivity index (χ4n) is 1.11. The minimum absolute atomic E-state index is 0.912. The SMILES string of the molecule is CCNCCCNC1=NCCN1. The van der Waals surface area contributed by atoms with E-state index in [2.05, 4.69) is 27.9 Å². The van der Waals surface area contributed by atoms with Gasteiger partial charge in [-0.2, -0.15) is 0 Å². The standard InChI is InChI=1S/C8H18N4/c1-2-9-4-3-5-10-8-11-6-7-12-8/h9H,2-7H2,1H3,(H2,10,11,12). The van der Waals surface area contributed by atoms with Gasteiger partial charge in [0.05, 0.1) is 6.54 Å². The first-order valence-corrected chi connectivity index (χ1v) is 4.66. The van der Waals surface area contributed by atoms with Gasteiger partial charge in [-0.3, -0.25) is 4.99 Å². The molecule has 4 heteroatoms. The van der Waals surface area contributed by atoms with Crippen LogP contribution in [-0.4, -0.2) is 38.7 Å². The Morgan fingerprint density at radius 2 is 2.42 bits per heavy atom. The van der Waals surface area contributed by atoms with Gasteiger partial charge >= 0.3 is 0 Å². The molecular weight excluding hydrogens is 152 g/mol. The largest absolute Gasteiger partial charge is 0.356 e. The number of hydrogen-bond acceptors (Lipinski definition) is 4. The molecule has 12 heavy (non-hydrogen) atoms. The van der Waals surface area contributed by atoms with Crippen LogP contribution in [0.15, 0.2) is 4.99 Å². The van der Waals surface area contributed by atoms with Gasteiger partial charge in [0.1, 0.15) is 0 Å². The maximum atomic E-state index is 4.23. The van der Waals surface area contributed by atoms with Crippen LogP contribution >= 0.6 is 0 Å². The minimum Gasteiger partial charge on any atom is -0.356 e. The van der Waals surface area contributed by atoms with Gasteiger partial charge in [-0.1, -0.05) is 6.92 Å². The number of rotatable bonds is 5. The predicted octanol–water partition coefficient (Wildman–Crippen LogP) is -0.465. The van der Waals surface area contributed by atoms with E-state index < -0.39 is 0 Å². The summed E-state index contributed by atoms with van der Waals surface area (Å²) in [4.78, 5) is 4.23. The summed E-state index contributed by atoms with van der Waals surface area (Å²) in [5.74, 6) is 0.964. The van der Waals surface area contributed by atoms with Crippen molar-refractivity contribution in [2.45, 2.75) is 13.3 Å². The molecule has 0 saturated carbocycles. The highest BCUT2D eigenvalue weighted by Crippen LogP contribution is 1.81. The maximum absolute atomic E-state index is 4.23. The molecule has 0 aromatic carbocycles. The lowest BCUT2D eigenvalue weighted by molar-refractivity contribution is 0.658. The van der Waals surface area contributed by atoms with Crippen molar-refractivity contribution in [1.82, 2.24) is 16.0 Å². The molecule has 0 unspecified atom stereocenters. The fraction of sp³-hybridized carbons (Fsp3) is 0.875. The smallest absolute Gasteiger partial charge is 0.191 e. The number of aliphatic imine (C=N–C) groups is 1. The zero-order valence-electron chi connectivity index (χ0n) is 7.69. The van der Waals surface area contributed by atoms with E-state index >= 15 is 0 Å². The van der Waals surface area contributed by atoms with Crippen molar-refractivity contribution >= 4 is 5.96 Å². The summed E-state index contributed by atoms with van der Waals surface area (Å²) >= 11 is 0. The Morgan fingerprint density at radius 1 is 1.50 bits per heavy atom. The minimum atomic E-state index is 0.912. The van der Waals surface area contributed by atoms with Crippen LogP contribution in [0.2, 0.25) is 0 Å². The Labute approximate surface area is 73.8 Å². The average Bonchev–Trinajstić information content (AvgIpc) is 2.57. The van der Waals surface area contributed by atoms with Gasteiger partial charge in [0.15, 0.2) is 5.96 Å². The zero-order valence-corrected chi connectivity index (χ0v) is 7.69. The van der Waals surface area contributed by atoms with Crippen molar-refractivity contribution in [2.24, 2.45) is 4.99 Å². The van der Waals surface area contributed by atoms with E-state index in [-0.39, 0.29) is 0 Å². The lowest BCUT2D eigenvalue weighted by Crippen LogP contribution is -2.35. The van der Waals surface area contributed by atoms with Gasteiger partial charge in [0.2, 0.25) is 0 Å². The first-order valence-electron chi connectivity index (χ1n) is 4.66. The molecule has 0 atom stereocenters. The summed E-state index contributed by atoms with van der Waals surface area (Å²) in [5.41, 5.74) is 0.